The summed E-state index contributed by atoms with van der Waals surface area (Å²) < 4.78 is 10.3. The summed E-state index contributed by atoms with van der Waals surface area (Å²) in [6, 6.07) is 11.0. The molecule has 0 aliphatic heterocycles. The number of nitro benzene ring substituents is 1. The van der Waals surface area contributed by atoms with Gasteiger partial charge in [-0.1, -0.05) is 18.2 Å². The van der Waals surface area contributed by atoms with Crippen molar-refractivity contribution in [1.29, 1.82) is 0 Å². The number of nitrogens with one attached hydrogen (secondary N) is 2. The first-order chi connectivity index (χ1) is 13.4. The number of rotatable bonds is 6. The lowest BCUT2D eigenvalue weighted by Gasteiger charge is -2.15. The van der Waals surface area contributed by atoms with Crippen LogP contribution in [0.4, 0.5) is 11.4 Å². The number of hydrogen-bond donors (Lipinski definition) is 2. The van der Waals surface area contributed by atoms with Crippen LogP contribution in [0.2, 0.25) is 0 Å². The van der Waals surface area contributed by atoms with E-state index in [9.17, 15) is 19.7 Å². The third-order valence-corrected chi connectivity index (χ3v) is 4.11. The Hall–Kier alpha value is -3.88. The Bertz CT molecular complexity index is 1060. The molecule has 1 atom stereocenters. The van der Waals surface area contributed by atoms with Crippen molar-refractivity contribution in [1.82, 2.24) is 4.98 Å². The number of carbonyl (C=O) groups excluding carboxylic acids is 2. The SMILES string of the molecule is COc1ccc([N+](=O)[O-])cc1NC(=O)[C@@H](C)OC(=O)c1c[nH]c2ccccc12. The zero-order valence-electron chi connectivity index (χ0n) is 15.1. The van der Waals surface area contributed by atoms with Crippen LogP contribution in [0.1, 0.15) is 17.3 Å². The fraction of sp³-hybridized carbons (Fsp3) is 0.158. The van der Waals surface area contributed by atoms with Crippen LogP contribution in [0.3, 0.4) is 0 Å². The van der Waals surface area contributed by atoms with Crippen LogP contribution < -0.4 is 10.1 Å². The summed E-state index contributed by atoms with van der Waals surface area (Å²) in [5.41, 5.74) is 0.979. The second-order valence-corrected chi connectivity index (χ2v) is 5.93. The second-order valence-electron chi connectivity index (χ2n) is 5.93. The van der Waals surface area contributed by atoms with E-state index in [2.05, 4.69) is 10.3 Å². The fourth-order valence-corrected chi connectivity index (χ4v) is 2.66. The van der Waals surface area contributed by atoms with Gasteiger partial charge in [0, 0.05) is 29.2 Å². The smallest absolute Gasteiger partial charge is 0.341 e. The molecule has 0 aliphatic rings. The molecule has 0 unspecified atom stereocenters. The van der Waals surface area contributed by atoms with Crippen LogP contribution in [-0.2, 0) is 9.53 Å². The number of anilines is 1. The molecule has 0 spiro atoms. The molecular formula is C19H17N3O6. The molecule has 2 N–H and O–H groups in total. The molecule has 1 heterocycles. The molecule has 0 saturated carbocycles. The summed E-state index contributed by atoms with van der Waals surface area (Å²) in [6.07, 6.45) is 0.381. The van der Waals surface area contributed by atoms with Gasteiger partial charge in [-0.25, -0.2) is 4.79 Å². The highest BCUT2D eigenvalue weighted by Gasteiger charge is 2.23. The third kappa shape index (κ3) is 3.78. The van der Waals surface area contributed by atoms with Gasteiger partial charge in [0.05, 0.1) is 23.3 Å². The van der Waals surface area contributed by atoms with Gasteiger partial charge >= 0.3 is 5.97 Å². The highest BCUT2D eigenvalue weighted by Crippen LogP contribution is 2.29. The lowest BCUT2D eigenvalue weighted by molar-refractivity contribution is -0.384. The Labute approximate surface area is 159 Å². The minimum atomic E-state index is -1.13. The van der Waals surface area contributed by atoms with E-state index < -0.39 is 22.9 Å². The van der Waals surface area contributed by atoms with Crippen molar-refractivity contribution < 1.29 is 24.0 Å². The number of fused-ring (bicyclic) bond motifs is 1. The predicted molar refractivity (Wildman–Crippen MR) is 101 cm³/mol. The first kappa shape index (κ1) is 18.9. The van der Waals surface area contributed by atoms with Crippen LogP contribution in [-0.4, -0.2) is 35.0 Å². The topological polar surface area (TPSA) is 124 Å². The second kappa shape index (κ2) is 7.78. The van der Waals surface area contributed by atoms with E-state index in [0.29, 0.717) is 10.9 Å². The van der Waals surface area contributed by atoms with Crippen molar-refractivity contribution in [3.05, 3.63) is 64.3 Å². The van der Waals surface area contributed by atoms with E-state index in [1.54, 1.807) is 12.1 Å². The van der Waals surface area contributed by atoms with E-state index >= 15 is 0 Å². The van der Waals surface area contributed by atoms with Crippen molar-refractivity contribution in [2.45, 2.75) is 13.0 Å². The molecule has 3 aromatic rings. The van der Waals surface area contributed by atoms with Gasteiger partial charge in [0.25, 0.3) is 11.6 Å². The molecule has 9 heteroatoms. The summed E-state index contributed by atoms with van der Waals surface area (Å²) >= 11 is 0. The molecule has 0 fully saturated rings. The van der Waals surface area contributed by atoms with Crippen LogP contribution >= 0.6 is 0 Å². The van der Waals surface area contributed by atoms with Crippen molar-refractivity contribution >= 4 is 34.2 Å². The van der Waals surface area contributed by atoms with Crippen molar-refractivity contribution in [2.75, 3.05) is 12.4 Å². The number of aromatic amines is 1. The number of carbonyl (C=O) groups is 2. The quantitative estimate of drug-likeness (QED) is 0.382. The number of amides is 1. The minimum absolute atomic E-state index is 0.108. The zero-order chi connectivity index (χ0) is 20.3. The maximum atomic E-state index is 12.4. The number of nitro groups is 1. The number of esters is 1. The standard InChI is InChI=1S/C19H17N3O6/c1-11(28-19(24)14-10-20-15-6-4-3-5-13(14)15)18(23)21-16-9-12(22(25)26)7-8-17(16)27-2/h3-11,20H,1-2H3,(H,21,23)/t11-/m1/s1. The Kier molecular flexibility index (Phi) is 5.25. The Morgan fingerprint density at radius 2 is 1.96 bits per heavy atom. The summed E-state index contributed by atoms with van der Waals surface area (Å²) in [7, 11) is 1.37. The maximum absolute atomic E-state index is 12.4. The zero-order valence-corrected chi connectivity index (χ0v) is 15.1. The van der Waals surface area contributed by atoms with Gasteiger partial charge in [-0.15, -0.1) is 0 Å². The Morgan fingerprint density at radius 3 is 2.68 bits per heavy atom. The number of benzene rings is 2. The van der Waals surface area contributed by atoms with E-state index in [-0.39, 0.29) is 17.1 Å². The normalized spacial score (nSPS) is 11.6. The lowest BCUT2D eigenvalue weighted by atomic mass is 10.2. The summed E-state index contributed by atoms with van der Waals surface area (Å²) in [6.45, 7) is 1.41. The Balaban J connectivity index is 1.74. The van der Waals surface area contributed by atoms with E-state index in [4.69, 9.17) is 9.47 Å². The number of aromatic nitrogens is 1. The van der Waals surface area contributed by atoms with Gasteiger partial charge in [0.2, 0.25) is 0 Å². The van der Waals surface area contributed by atoms with Crippen LogP contribution in [0.25, 0.3) is 10.9 Å². The molecule has 1 aromatic heterocycles. The lowest BCUT2D eigenvalue weighted by Crippen LogP contribution is -2.30. The van der Waals surface area contributed by atoms with Crippen molar-refractivity contribution in [3.8, 4) is 5.75 Å². The number of non-ortho nitro benzene ring substituents is 1. The van der Waals surface area contributed by atoms with Crippen LogP contribution in [0.5, 0.6) is 5.75 Å². The third-order valence-electron chi connectivity index (χ3n) is 4.11. The molecule has 0 saturated heterocycles. The highest BCUT2D eigenvalue weighted by molar-refractivity contribution is 6.05. The number of para-hydroxylation sites is 1. The molecule has 0 radical (unpaired) electrons. The van der Waals surface area contributed by atoms with Gasteiger partial charge in [-0.05, 0) is 19.1 Å². The van der Waals surface area contributed by atoms with Crippen molar-refractivity contribution in [2.24, 2.45) is 0 Å². The minimum Gasteiger partial charge on any atom is -0.495 e. The first-order valence-electron chi connectivity index (χ1n) is 8.31. The van der Waals surface area contributed by atoms with Gasteiger partial charge < -0.3 is 19.8 Å². The molecule has 2 aromatic carbocycles. The van der Waals surface area contributed by atoms with Gasteiger partial charge in [0.15, 0.2) is 6.10 Å². The first-order valence-corrected chi connectivity index (χ1v) is 8.31. The molecule has 144 valence electrons. The van der Waals surface area contributed by atoms with Gasteiger partial charge in [-0.2, -0.15) is 0 Å². The molecule has 0 aliphatic carbocycles. The Morgan fingerprint density at radius 1 is 1.21 bits per heavy atom. The monoisotopic (exact) mass is 383 g/mol. The summed E-state index contributed by atoms with van der Waals surface area (Å²) in [5, 5.41) is 14.1. The predicted octanol–water partition coefficient (Wildman–Crippen LogP) is 3.27. The molecular weight excluding hydrogens is 366 g/mol. The number of hydrogen-bond acceptors (Lipinski definition) is 6. The molecule has 9 nitrogen and oxygen atoms in total. The average molecular weight is 383 g/mol. The maximum Gasteiger partial charge on any atom is 0.341 e. The molecule has 3 rings (SSSR count). The van der Waals surface area contributed by atoms with Crippen LogP contribution in [0, 0.1) is 10.1 Å². The summed E-state index contributed by atoms with van der Waals surface area (Å²) in [4.78, 5) is 38.1. The molecule has 0 bridgehead atoms. The molecule has 1 amide bonds. The number of nitrogens with zero attached hydrogens (tertiary/aromatic N) is 1. The number of H-pyrrole nitrogens is 1. The van der Waals surface area contributed by atoms with E-state index in [0.717, 1.165) is 5.52 Å². The molecule has 28 heavy (non-hydrogen) atoms. The van der Waals surface area contributed by atoms with Gasteiger partial charge in [-0.3, -0.25) is 14.9 Å². The number of methoxy groups -OCH3 is 1. The van der Waals surface area contributed by atoms with Crippen LogP contribution in [0.15, 0.2) is 48.7 Å². The highest BCUT2D eigenvalue weighted by atomic mass is 16.6. The van der Waals surface area contributed by atoms with E-state index in [1.807, 2.05) is 12.1 Å². The van der Waals surface area contributed by atoms with E-state index in [1.165, 1.54) is 38.4 Å². The summed E-state index contributed by atoms with van der Waals surface area (Å²) in [5.74, 6) is -1.06. The average Bonchev–Trinajstić information content (AvgIpc) is 3.12. The fourth-order valence-electron chi connectivity index (χ4n) is 2.66. The number of ether oxygens (including phenoxy) is 2. The van der Waals surface area contributed by atoms with Gasteiger partial charge in [0.1, 0.15) is 5.75 Å². The largest absolute Gasteiger partial charge is 0.495 e. The van der Waals surface area contributed by atoms with Crippen molar-refractivity contribution in [3.63, 3.8) is 0 Å².